The van der Waals surface area contributed by atoms with Gasteiger partial charge < -0.3 is 19.6 Å². The van der Waals surface area contributed by atoms with Crippen molar-refractivity contribution in [2.45, 2.75) is 18.7 Å². The fourth-order valence-electron chi connectivity index (χ4n) is 1.85. The summed E-state index contributed by atoms with van der Waals surface area (Å²) < 4.78 is 5.45. The van der Waals surface area contributed by atoms with Gasteiger partial charge in [-0.15, -0.1) is 0 Å². The molecule has 0 saturated heterocycles. The van der Waals surface area contributed by atoms with Gasteiger partial charge in [0.15, 0.2) is 0 Å². The maximum atomic E-state index is 10.3. The zero-order valence-electron chi connectivity index (χ0n) is 11.5. The molecule has 0 spiro atoms. The topological polar surface area (TPSA) is 69.9 Å². The predicted molar refractivity (Wildman–Crippen MR) is 88.7 cm³/mol. The van der Waals surface area contributed by atoms with Crippen molar-refractivity contribution in [3.63, 3.8) is 0 Å². The fourth-order valence-corrected chi connectivity index (χ4v) is 5.45. The molecule has 0 fully saturated rings. The van der Waals surface area contributed by atoms with Crippen molar-refractivity contribution in [3.8, 4) is 17.2 Å². The average molecular weight is 342 g/mol. The third kappa shape index (κ3) is 4.93. The predicted octanol–water partition coefficient (Wildman–Crippen LogP) is 4.10. The summed E-state index contributed by atoms with van der Waals surface area (Å²) in [4.78, 5) is 10.9. The molecule has 3 N–H and O–H groups in total. The van der Waals surface area contributed by atoms with Gasteiger partial charge in [-0.3, -0.25) is 0 Å². The first kappa shape index (κ1) is 16.2. The summed E-state index contributed by atoms with van der Waals surface area (Å²) in [5, 5.41) is 19.1. The number of phenolic OH excluding ortho intramolecular Hbond substituents is 2. The molecule has 0 bridgehead atoms. The molecule has 0 aromatic heterocycles. The quantitative estimate of drug-likeness (QED) is 0.727. The zero-order chi connectivity index (χ0) is 15.6. The van der Waals surface area contributed by atoms with E-state index in [1.165, 1.54) is 12.1 Å². The SMILES string of the molecule is Cc1cc(O)cc(OP(O)(=S)Sc2cc(C)cc(O)c2)c1. The highest BCUT2D eigenvalue weighted by molar-refractivity contribution is 8.67. The second-order valence-electron chi connectivity index (χ2n) is 4.66. The third-order valence-corrected chi connectivity index (χ3v) is 6.07. The Kier molecular flexibility index (Phi) is 4.84. The monoisotopic (exact) mass is 342 g/mol. The molecule has 0 heterocycles. The minimum atomic E-state index is -3.19. The van der Waals surface area contributed by atoms with E-state index in [9.17, 15) is 15.1 Å². The molecule has 2 aromatic carbocycles. The van der Waals surface area contributed by atoms with E-state index in [0.29, 0.717) is 10.6 Å². The first-order valence-electron chi connectivity index (χ1n) is 6.07. The van der Waals surface area contributed by atoms with Crippen LogP contribution in [0.5, 0.6) is 17.2 Å². The Labute approximate surface area is 132 Å². The molecule has 1 unspecified atom stereocenters. The van der Waals surface area contributed by atoms with E-state index in [0.717, 1.165) is 22.5 Å². The van der Waals surface area contributed by atoms with Crippen LogP contribution in [0.15, 0.2) is 41.3 Å². The van der Waals surface area contributed by atoms with E-state index in [4.69, 9.17) is 16.3 Å². The lowest BCUT2D eigenvalue weighted by Gasteiger charge is -2.17. The zero-order valence-corrected chi connectivity index (χ0v) is 14.0. The van der Waals surface area contributed by atoms with Crippen LogP contribution in [0.1, 0.15) is 11.1 Å². The molecule has 1 atom stereocenters. The van der Waals surface area contributed by atoms with Gasteiger partial charge in [-0.25, -0.2) is 0 Å². The van der Waals surface area contributed by atoms with Crippen molar-refractivity contribution in [2.75, 3.05) is 0 Å². The molecule has 2 rings (SSSR count). The van der Waals surface area contributed by atoms with Crippen molar-refractivity contribution >= 4 is 28.9 Å². The molecular formula is C14H15O4PS2. The van der Waals surface area contributed by atoms with Crippen molar-refractivity contribution in [1.29, 1.82) is 0 Å². The Morgan fingerprint density at radius 3 is 2.10 bits per heavy atom. The molecular weight excluding hydrogens is 327 g/mol. The standard InChI is InChI=1S/C14H15O4PS2/c1-9-3-11(15)7-13(5-9)18-19(17,20)21-14-6-10(2)4-12(16)8-14/h3-8,15-16H,1-2H3,(H,17,20). The summed E-state index contributed by atoms with van der Waals surface area (Å²) in [6, 6.07) is 9.61. The normalized spacial score (nSPS) is 13.7. The largest absolute Gasteiger partial charge is 0.508 e. The van der Waals surface area contributed by atoms with Crippen LogP contribution in [0, 0.1) is 13.8 Å². The van der Waals surface area contributed by atoms with E-state index >= 15 is 0 Å². The van der Waals surface area contributed by atoms with Gasteiger partial charge in [-0.1, -0.05) is 0 Å². The minimum absolute atomic E-state index is 0.0539. The number of rotatable bonds is 4. The molecule has 0 saturated carbocycles. The molecule has 0 aliphatic rings. The second-order valence-corrected chi connectivity index (χ2v) is 10.6. The third-order valence-electron chi connectivity index (χ3n) is 2.51. The molecule has 0 amide bonds. The molecule has 7 heteroatoms. The van der Waals surface area contributed by atoms with Crippen molar-refractivity contribution < 1.29 is 19.6 Å². The average Bonchev–Trinajstić information content (AvgIpc) is 2.23. The van der Waals surface area contributed by atoms with Gasteiger partial charge in [0.05, 0.1) is 0 Å². The Balaban J connectivity index is 2.20. The van der Waals surface area contributed by atoms with Crippen LogP contribution in [0.2, 0.25) is 0 Å². The van der Waals surface area contributed by atoms with Gasteiger partial charge in [0, 0.05) is 11.0 Å². The van der Waals surface area contributed by atoms with Gasteiger partial charge in [-0.05, 0) is 78.5 Å². The van der Waals surface area contributed by atoms with Crippen LogP contribution in [-0.4, -0.2) is 15.1 Å². The van der Waals surface area contributed by atoms with Crippen LogP contribution in [0.25, 0.3) is 0 Å². The van der Waals surface area contributed by atoms with Crippen LogP contribution < -0.4 is 4.52 Å². The number of benzene rings is 2. The van der Waals surface area contributed by atoms with Gasteiger partial charge >= 0.3 is 0 Å². The van der Waals surface area contributed by atoms with Gasteiger partial charge in [-0.2, -0.15) is 0 Å². The smallest absolute Gasteiger partial charge is 0.299 e. The summed E-state index contributed by atoms with van der Waals surface area (Å²) >= 11 is 6.12. The van der Waals surface area contributed by atoms with Gasteiger partial charge in [0.2, 0.25) is 0 Å². The number of hydrogen-bond donors (Lipinski definition) is 3. The van der Waals surface area contributed by atoms with E-state index in [1.807, 2.05) is 6.92 Å². The summed E-state index contributed by atoms with van der Waals surface area (Å²) in [5.41, 5.74) is -1.52. The maximum absolute atomic E-state index is 10.3. The van der Waals surface area contributed by atoms with Gasteiger partial charge in [0.25, 0.3) is 5.69 Å². The van der Waals surface area contributed by atoms with Crippen LogP contribution in [0.3, 0.4) is 0 Å². The van der Waals surface area contributed by atoms with E-state index in [2.05, 4.69) is 0 Å². The summed E-state index contributed by atoms with van der Waals surface area (Å²) in [6.45, 7) is 3.64. The number of hydrogen-bond acceptors (Lipinski definition) is 5. The Hall–Kier alpha value is -1.20. The summed E-state index contributed by atoms with van der Waals surface area (Å²) in [7, 11) is 0. The lowest BCUT2D eigenvalue weighted by molar-refractivity contribution is 0.466. The van der Waals surface area contributed by atoms with Crippen molar-refractivity contribution in [2.24, 2.45) is 0 Å². The fraction of sp³-hybridized carbons (Fsp3) is 0.143. The summed E-state index contributed by atoms with van der Waals surface area (Å²) in [5.74, 6) is 0.488. The molecule has 112 valence electrons. The lowest BCUT2D eigenvalue weighted by atomic mass is 10.2. The number of aryl methyl sites for hydroxylation is 2. The van der Waals surface area contributed by atoms with E-state index < -0.39 is 5.69 Å². The Morgan fingerprint density at radius 1 is 0.952 bits per heavy atom. The molecule has 4 nitrogen and oxygen atoms in total. The molecule has 0 aliphatic carbocycles. The Bertz CT molecular complexity index is 620. The molecule has 21 heavy (non-hydrogen) atoms. The van der Waals surface area contributed by atoms with Crippen molar-refractivity contribution in [3.05, 3.63) is 47.5 Å². The number of aromatic hydroxyl groups is 2. The Morgan fingerprint density at radius 2 is 1.52 bits per heavy atom. The maximum Gasteiger partial charge on any atom is 0.299 e. The van der Waals surface area contributed by atoms with E-state index in [-0.39, 0.29) is 11.5 Å². The summed E-state index contributed by atoms with van der Waals surface area (Å²) in [6.07, 6.45) is 0. The highest BCUT2D eigenvalue weighted by Gasteiger charge is 2.19. The first-order chi connectivity index (χ1) is 9.73. The second kappa shape index (κ2) is 6.28. The van der Waals surface area contributed by atoms with Crippen LogP contribution in [0.4, 0.5) is 0 Å². The molecule has 0 aliphatic heterocycles. The van der Waals surface area contributed by atoms with Crippen LogP contribution in [-0.2, 0) is 11.8 Å². The van der Waals surface area contributed by atoms with Crippen LogP contribution >= 0.6 is 17.1 Å². The van der Waals surface area contributed by atoms with Crippen molar-refractivity contribution in [1.82, 2.24) is 0 Å². The van der Waals surface area contributed by atoms with E-state index in [1.54, 1.807) is 31.2 Å². The lowest BCUT2D eigenvalue weighted by Crippen LogP contribution is -1.89. The highest BCUT2D eigenvalue weighted by Crippen LogP contribution is 2.59. The highest BCUT2D eigenvalue weighted by atomic mass is 32.9. The number of phenols is 2. The molecule has 0 radical (unpaired) electrons. The molecule has 2 aromatic rings. The van der Waals surface area contributed by atoms with Gasteiger partial charge in [0.1, 0.15) is 17.2 Å². The minimum Gasteiger partial charge on any atom is -0.508 e. The first-order valence-corrected chi connectivity index (χ1v) is 10.2.